The Kier molecular flexibility index (Phi) is 4.60. The summed E-state index contributed by atoms with van der Waals surface area (Å²) in [5, 5.41) is 2.85. The first-order valence-corrected chi connectivity index (χ1v) is 7.41. The van der Waals surface area contributed by atoms with Gasteiger partial charge < -0.3 is 20.7 Å². The fourth-order valence-electron chi connectivity index (χ4n) is 2.46. The average Bonchev–Trinajstić information content (AvgIpc) is 2.84. The number of nitrogens with one attached hydrogen (secondary N) is 1. The minimum Gasteiger partial charge on any atom is -0.444 e. The van der Waals surface area contributed by atoms with E-state index in [9.17, 15) is 4.79 Å². The fourth-order valence-corrected chi connectivity index (χ4v) is 2.46. The quantitative estimate of drug-likeness (QED) is 0.840. The van der Waals surface area contributed by atoms with E-state index in [2.05, 4.69) is 10.2 Å². The van der Waals surface area contributed by atoms with Crippen LogP contribution in [-0.4, -0.2) is 31.3 Å². The molecule has 1 aromatic rings. The molecule has 1 saturated heterocycles. The van der Waals surface area contributed by atoms with Crippen LogP contribution in [0.25, 0.3) is 0 Å². The first-order valence-electron chi connectivity index (χ1n) is 7.41. The van der Waals surface area contributed by atoms with Crippen molar-refractivity contribution in [2.24, 2.45) is 5.92 Å². The lowest BCUT2D eigenvalue weighted by atomic mass is 10.1. The van der Waals surface area contributed by atoms with E-state index >= 15 is 0 Å². The minimum absolute atomic E-state index is 0.339. The van der Waals surface area contributed by atoms with Crippen molar-refractivity contribution in [1.29, 1.82) is 0 Å². The molecule has 0 aromatic heterocycles. The molecule has 116 valence electrons. The first-order chi connectivity index (χ1) is 9.83. The van der Waals surface area contributed by atoms with E-state index in [4.69, 9.17) is 10.5 Å². The van der Waals surface area contributed by atoms with E-state index in [1.165, 1.54) is 5.69 Å². The summed E-state index contributed by atoms with van der Waals surface area (Å²) in [6, 6.07) is 7.92. The van der Waals surface area contributed by atoms with Gasteiger partial charge in [-0.05, 0) is 57.4 Å². The molecule has 1 aliphatic rings. The molecule has 1 fully saturated rings. The molecule has 1 amide bonds. The smallest absolute Gasteiger partial charge is 0.407 e. The van der Waals surface area contributed by atoms with Gasteiger partial charge in [0.1, 0.15) is 5.60 Å². The van der Waals surface area contributed by atoms with E-state index < -0.39 is 5.60 Å². The monoisotopic (exact) mass is 291 g/mol. The van der Waals surface area contributed by atoms with Crippen LogP contribution >= 0.6 is 0 Å². The number of carbonyl (C=O) groups is 1. The predicted molar refractivity (Wildman–Crippen MR) is 85.4 cm³/mol. The van der Waals surface area contributed by atoms with Crippen LogP contribution in [0.3, 0.4) is 0 Å². The van der Waals surface area contributed by atoms with Gasteiger partial charge in [-0.1, -0.05) is 0 Å². The number of carbonyl (C=O) groups excluding carboxylic acids is 1. The SMILES string of the molecule is CC(C)(C)OC(=O)NC[C@H]1CCN(c2ccc(N)cc2)C1. The van der Waals surface area contributed by atoms with Crippen LogP contribution in [0.15, 0.2) is 24.3 Å². The van der Waals surface area contributed by atoms with Gasteiger partial charge in [0.15, 0.2) is 0 Å². The number of amides is 1. The summed E-state index contributed by atoms with van der Waals surface area (Å²) in [6.45, 7) is 8.20. The molecule has 5 heteroatoms. The van der Waals surface area contributed by atoms with Crippen molar-refractivity contribution in [1.82, 2.24) is 5.32 Å². The summed E-state index contributed by atoms with van der Waals surface area (Å²) in [5.41, 5.74) is 7.22. The normalized spacial score (nSPS) is 18.6. The molecule has 0 radical (unpaired) electrons. The maximum absolute atomic E-state index is 11.6. The van der Waals surface area contributed by atoms with Gasteiger partial charge in [0.25, 0.3) is 0 Å². The van der Waals surface area contributed by atoms with Gasteiger partial charge in [0, 0.05) is 31.0 Å². The lowest BCUT2D eigenvalue weighted by molar-refractivity contribution is 0.0520. The number of ether oxygens (including phenoxy) is 1. The Morgan fingerprint density at radius 2 is 2.05 bits per heavy atom. The van der Waals surface area contributed by atoms with Crippen molar-refractivity contribution < 1.29 is 9.53 Å². The number of alkyl carbamates (subject to hydrolysis) is 1. The Hall–Kier alpha value is -1.91. The maximum atomic E-state index is 11.6. The van der Waals surface area contributed by atoms with E-state index in [0.717, 1.165) is 25.2 Å². The largest absolute Gasteiger partial charge is 0.444 e. The predicted octanol–water partition coefficient (Wildman–Crippen LogP) is 2.62. The van der Waals surface area contributed by atoms with Crippen LogP contribution in [-0.2, 0) is 4.74 Å². The van der Waals surface area contributed by atoms with Crippen molar-refractivity contribution in [3.8, 4) is 0 Å². The molecule has 1 heterocycles. The van der Waals surface area contributed by atoms with E-state index in [-0.39, 0.29) is 6.09 Å². The second-order valence-corrected chi connectivity index (χ2v) is 6.58. The Morgan fingerprint density at radius 1 is 1.38 bits per heavy atom. The van der Waals surface area contributed by atoms with E-state index in [0.29, 0.717) is 12.5 Å². The highest BCUT2D eigenvalue weighted by atomic mass is 16.6. The summed E-state index contributed by atoms with van der Waals surface area (Å²) >= 11 is 0. The third-order valence-corrected chi connectivity index (χ3v) is 3.48. The van der Waals surface area contributed by atoms with Crippen molar-refractivity contribution in [3.63, 3.8) is 0 Å². The van der Waals surface area contributed by atoms with Crippen molar-refractivity contribution in [3.05, 3.63) is 24.3 Å². The van der Waals surface area contributed by atoms with Gasteiger partial charge >= 0.3 is 6.09 Å². The van der Waals surface area contributed by atoms with Crippen LogP contribution < -0.4 is 16.0 Å². The summed E-state index contributed by atoms with van der Waals surface area (Å²) in [7, 11) is 0. The number of hydrogen-bond acceptors (Lipinski definition) is 4. The molecule has 2 rings (SSSR count). The van der Waals surface area contributed by atoms with Crippen LogP contribution in [0, 0.1) is 5.92 Å². The number of hydrogen-bond donors (Lipinski definition) is 2. The summed E-state index contributed by atoms with van der Waals surface area (Å²) in [6.07, 6.45) is 0.730. The number of nitrogens with zero attached hydrogens (tertiary/aromatic N) is 1. The molecular weight excluding hydrogens is 266 g/mol. The van der Waals surface area contributed by atoms with E-state index in [1.807, 2.05) is 45.0 Å². The number of benzene rings is 1. The molecule has 0 aliphatic carbocycles. The highest BCUT2D eigenvalue weighted by Crippen LogP contribution is 2.24. The zero-order valence-corrected chi connectivity index (χ0v) is 13.1. The van der Waals surface area contributed by atoms with Gasteiger partial charge in [-0.15, -0.1) is 0 Å². The highest BCUT2D eigenvalue weighted by molar-refractivity contribution is 5.67. The van der Waals surface area contributed by atoms with Gasteiger partial charge in [-0.2, -0.15) is 0 Å². The molecule has 1 atom stereocenters. The highest BCUT2D eigenvalue weighted by Gasteiger charge is 2.24. The molecular formula is C16H25N3O2. The lowest BCUT2D eigenvalue weighted by Crippen LogP contribution is -2.36. The van der Waals surface area contributed by atoms with Gasteiger partial charge in [-0.25, -0.2) is 4.79 Å². The van der Waals surface area contributed by atoms with Crippen LogP contribution in [0.2, 0.25) is 0 Å². The number of rotatable bonds is 3. The van der Waals surface area contributed by atoms with Gasteiger partial charge in [0.2, 0.25) is 0 Å². The Balaban J connectivity index is 1.78. The lowest BCUT2D eigenvalue weighted by Gasteiger charge is -2.21. The van der Waals surface area contributed by atoms with Crippen LogP contribution in [0.4, 0.5) is 16.2 Å². The molecule has 0 saturated carbocycles. The average molecular weight is 291 g/mol. The molecule has 21 heavy (non-hydrogen) atoms. The Bertz CT molecular complexity index is 479. The number of nitrogens with two attached hydrogens (primary N) is 1. The molecule has 5 nitrogen and oxygen atoms in total. The van der Waals surface area contributed by atoms with E-state index in [1.54, 1.807) is 0 Å². The molecule has 0 bridgehead atoms. The molecule has 1 aliphatic heterocycles. The summed E-state index contributed by atoms with van der Waals surface area (Å²) in [4.78, 5) is 14.0. The maximum Gasteiger partial charge on any atom is 0.407 e. The zero-order chi connectivity index (χ0) is 15.5. The second-order valence-electron chi connectivity index (χ2n) is 6.58. The zero-order valence-electron chi connectivity index (χ0n) is 13.1. The second kappa shape index (κ2) is 6.24. The first kappa shape index (κ1) is 15.5. The summed E-state index contributed by atoms with van der Waals surface area (Å²) in [5.74, 6) is 0.454. The molecule has 0 spiro atoms. The number of nitrogen functional groups attached to an aromatic ring is 1. The minimum atomic E-state index is -0.449. The van der Waals surface area contributed by atoms with Crippen molar-refractivity contribution >= 4 is 17.5 Å². The van der Waals surface area contributed by atoms with Gasteiger partial charge in [-0.3, -0.25) is 0 Å². The molecule has 1 aromatic carbocycles. The third kappa shape index (κ3) is 4.85. The fraction of sp³-hybridized carbons (Fsp3) is 0.562. The Labute approximate surface area is 126 Å². The molecule has 0 unspecified atom stereocenters. The molecule has 3 N–H and O–H groups in total. The van der Waals surface area contributed by atoms with Crippen LogP contribution in [0.1, 0.15) is 27.2 Å². The topological polar surface area (TPSA) is 67.6 Å². The van der Waals surface area contributed by atoms with Crippen molar-refractivity contribution in [2.45, 2.75) is 32.8 Å². The van der Waals surface area contributed by atoms with Gasteiger partial charge in [0.05, 0.1) is 0 Å². The standard InChI is InChI=1S/C16H25N3O2/c1-16(2,3)21-15(20)18-10-12-8-9-19(11-12)14-6-4-13(17)5-7-14/h4-7,12H,8-11,17H2,1-3H3,(H,18,20)/t12-/m1/s1. The Morgan fingerprint density at radius 3 is 2.67 bits per heavy atom. The van der Waals surface area contributed by atoms with Crippen molar-refractivity contribution in [2.75, 3.05) is 30.3 Å². The van der Waals surface area contributed by atoms with Crippen LogP contribution in [0.5, 0.6) is 0 Å². The summed E-state index contributed by atoms with van der Waals surface area (Å²) < 4.78 is 5.24. The number of anilines is 2. The third-order valence-electron chi connectivity index (χ3n) is 3.48.